The molecule has 23 heavy (non-hydrogen) atoms. The number of ether oxygens (including phenoxy) is 1. The highest BCUT2D eigenvalue weighted by Crippen LogP contribution is 2.37. The van der Waals surface area contributed by atoms with Crippen molar-refractivity contribution in [3.8, 4) is 11.5 Å². The van der Waals surface area contributed by atoms with Gasteiger partial charge >= 0.3 is 10.1 Å². The third kappa shape index (κ3) is 3.71. The monoisotopic (exact) mass is 574 g/mol. The molecule has 0 atom stereocenters. The smallest absolute Gasteiger partial charge is 0.300 e. The van der Waals surface area contributed by atoms with E-state index in [1.807, 2.05) is 22.6 Å². The van der Waals surface area contributed by atoms with Crippen LogP contribution in [0.2, 0.25) is 0 Å². The molecule has 0 aliphatic heterocycles. The first-order chi connectivity index (χ1) is 10.5. The normalized spacial score (nSPS) is 11.6. The summed E-state index contributed by atoms with van der Waals surface area (Å²) in [5.41, 5.74) is 0. The molecule has 0 amide bonds. The second kappa shape index (κ2) is 6.68. The Morgan fingerprint density at radius 2 is 1.57 bits per heavy atom. The van der Waals surface area contributed by atoms with E-state index in [9.17, 15) is 26.0 Å². The van der Waals surface area contributed by atoms with Crippen molar-refractivity contribution in [1.82, 2.24) is 0 Å². The minimum atomic E-state index is -5.47. The number of hydrogen-bond acceptors (Lipinski definition) is 3. The van der Waals surface area contributed by atoms with Crippen LogP contribution < -0.4 is 4.74 Å². The average Bonchev–Trinajstić information content (AvgIpc) is 2.42. The summed E-state index contributed by atoms with van der Waals surface area (Å²) in [5.74, 6) is -10.4. The molecule has 2 rings (SSSR count). The fourth-order valence-corrected chi connectivity index (χ4v) is 3.92. The van der Waals surface area contributed by atoms with Crippen LogP contribution in [0.15, 0.2) is 23.1 Å². The summed E-state index contributed by atoms with van der Waals surface area (Å²) in [6.45, 7) is 0. The highest BCUT2D eigenvalue weighted by atomic mass is 127. The molecule has 2 aromatic carbocycles. The van der Waals surface area contributed by atoms with Crippen molar-refractivity contribution in [2.24, 2.45) is 0 Å². The van der Waals surface area contributed by atoms with Gasteiger partial charge in [0, 0.05) is 3.57 Å². The van der Waals surface area contributed by atoms with E-state index in [1.54, 1.807) is 28.7 Å². The van der Waals surface area contributed by atoms with Crippen molar-refractivity contribution < 1.29 is 35.3 Å². The van der Waals surface area contributed by atoms with E-state index in [0.717, 1.165) is 3.57 Å². The van der Waals surface area contributed by atoms with E-state index in [1.165, 1.54) is 12.1 Å². The van der Waals surface area contributed by atoms with E-state index < -0.39 is 44.0 Å². The highest BCUT2D eigenvalue weighted by Gasteiger charge is 2.33. The molecule has 0 aliphatic rings. The second-order valence-corrected chi connectivity index (χ2v) is 7.83. The van der Waals surface area contributed by atoms with Crippen LogP contribution in [-0.2, 0) is 10.1 Å². The summed E-state index contributed by atoms with van der Waals surface area (Å²) in [7, 11) is -5.47. The van der Waals surface area contributed by atoms with Crippen LogP contribution in [0.25, 0.3) is 0 Å². The van der Waals surface area contributed by atoms with Gasteiger partial charge in [-0.2, -0.15) is 12.8 Å². The fraction of sp³-hybridized carbons (Fsp3) is 0. The van der Waals surface area contributed by atoms with Crippen LogP contribution in [0.1, 0.15) is 0 Å². The van der Waals surface area contributed by atoms with Gasteiger partial charge in [0.25, 0.3) is 0 Å². The molecule has 0 aromatic heterocycles. The van der Waals surface area contributed by atoms with Crippen molar-refractivity contribution in [1.29, 1.82) is 0 Å². The van der Waals surface area contributed by atoms with Crippen LogP contribution in [0.3, 0.4) is 0 Å². The van der Waals surface area contributed by atoms with Gasteiger partial charge in [-0.25, -0.2) is 13.2 Å². The Labute approximate surface area is 154 Å². The quantitative estimate of drug-likeness (QED) is 0.193. The first-order valence-electron chi connectivity index (χ1n) is 5.50. The predicted molar refractivity (Wildman–Crippen MR) is 88.0 cm³/mol. The Morgan fingerprint density at radius 1 is 0.957 bits per heavy atom. The van der Waals surface area contributed by atoms with Gasteiger partial charge in [0.1, 0.15) is 5.75 Å². The Bertz CT molecular complexity index is 903. The molecule has 0 saturated carbocycles. The van der Waals surface area contributed by atoms with Gasteiger partial charge in [0.15, 0.2) is 22.3 Å². The van der Waals surface area contributed by atoms with Crippen molar-refractivity contribution >= 4 is 55.3 Å². The molecular formula is C12H4F4I2O4S. The van der Waals surface area contributed by atoms with E-state index in [4.69, 9.17) is 9.29 Å². The maximum atomic E-state index is 14.1. The summed E-state index contributed by atoms with van der Waals surface area (Å²) in [6.07, 6.45) is 0. The highest BCUT2D eigenvalue weighted by molar-refractivity contribution is 14.1. The molecule has 11 heteroatoms. The minimum Gasteiger partial charge on any atom is -0.450 e. The second-order valence-electron chi connectivity index (χ2n) is 4.07. The van der Waals surface area contributed by atoms with Crippen LogP contribution in [0.5, 0.6) is 11.5 Å². The third-order valence-electron chi connectivity index (χ3n) is 2.55. The number of halogens is 6. The first-order valence-corrected chi connectivity index (χ1v) is 9.10. The SMILES string of the molecule is O=S(=O)(O)c1c(F)c(F)c(F)c(Oc2ccc(I)cc2I)c1F. The summed E-state index contributed by atoms with van der Waals surface area (Å²) >= 11 is 3.73. The Morgan fingerprint density at radius 3 is 2.09 bits per heavy atom. The van der Waals surface area contributed by atoms with E-state index in [-0.39, 0.29) is 5.75 Å². The number of hydrogen-bond donors (Lipinski definition) is 1. The molecule has 0 heterocycles. The summed E-state index contributed by atoms with van der Waals surface area (Å²) < 4.78 is 91.4. The van der Waals surface area contributed by atoms with Crippen molar-refractivity contribution in [3.05, 3.63) is 48.6 Å². The van der Waals surface area contributed by atoms with Gasteiger partial charge in [-0.05, 0) is 63.4 Å². The van der Waals surface area contributed by atoms with Crippen molar-refractivity contribution in [2.45, 2.75) is 4.90 Å². The lowest BCUT2D eigenvalue weighted by molar-refractivity contribution is 0.346. The Kier molecular flexibility index (Phi) is 5.42. The molecule has 0 aliphatic carbocycles. The molecule has 0 saturated heterocycles. The van der Waals surface area contributed by atoms with Gasteiger partial charge < -0.3 is 4.74 Å². The first kappa shape index (κ1) is 18.7. The topological polar surface area (TPSA) is 63.6 Å². The Balaban J connectivity index is 2.70. The summed E-state index contributed by atoms with van der Waals surface area (Å²) in [5, 5.41) is 0. The molecule has 0 fully saturated rings. The van der Waals surface area contributed by atoms with Gasteiger partial charge in [0.2, 0.25) is 11.6 Å². The maximum Gasteiger partial charge on any atom is 0.300 e. The summed E-state index contributed by atoms with van der Waals surface area (Å²) in [6, 6.07) is 4.38. The van der Waals surface area contributed by atoms with E-state index in [0.29, 0.717) is 3.57 Å². The standard InChI is InChI=1S/C12H4F4I2O4S/c13-7-8(14)11(10(16)12(9(7)15)23(19,20)21)22-6-2-1-4(17)3-5(6)18/h1-3H,(H,19,20,21). The van der Waals surface area contributed by atoms with Gasteiger partial charge in [-0.3, -0.25) is 4.55 Å². The Hall–Kier alpha value is -0.670. The average molecular weight is 574 g/mol. The third-order valence-corrected chi connectivity index (χ3v) is 4.94. The molecule has 124 valence electrons. The zero-order valence-corrected chi connectivity index (χ0v) is 15.7. The van der Waals surface area contributed by atoms with Crippen LogP contribution >= 0.6 is 45.2 Å². The van der Waals surface area contributed by atoms with E-state index >= 15 is 0 Å². The number of benzene rings is 2. The van der Waals surface area contributed by atoms with Crippen LogP contribution in [0.4, 0.5) is 17.6 Å². The molecule has 1 N–H and O–H groups in total. The van der Waals surface area contributed by atoms with Crippen molar-refractivity contribution in [2.75, 3.05) is 0 Å². The predicted octanol–water partition coefficient (Wildman–Crippen LogP) is 4.49. The fourth-order valence-electron chi connectivity index (χ4n) is 1.58. The lowest BCUT2D eigenvalue weighted by Gasteiger charge is -2.13. The molecule has 0 unspecified atom stereocenters. The maximum absolute atomic E-state index is 14.1. The molecule has 2 aromatic rings. The van der Waals surface area contributed by atoms with Gasteiger partial charge in [0.05, 0.1) is 3.57 Å². The van der Waals surface area contributed by atoms with Gasteiger partial charge in [-0.15, -0.1) is 0 Å². The van der Waals surface area contributed by atoms with Crippen LogP contribution in [-0.4, -0.2) is 13.0 Å². The molecule has 0 spiro atoms. The lowest BCUT2D eigenvalue weighted by atomic mass is 10.2. The zero-order chi connectivity index (χ0) is 17.5. The minimum absolute atomic E-state index is 0.115. The lowest BCUT2D eigenvalue weighted by Crippen LogP contribution is -2.11. The number of rotatable bonds is 3. The van der Waals surface area contributed by atoms with Gasteiger partial charge in [-0.1, -0.05) is 0 Å². The molecule has 4 nitrogen and oxygen atoms in total. The van der Waals surface area contributed by atoms with Crippen molar-refractivity contribution in [3.63, 3.8) is 0 Å². The zero-order valence-electron chi connectivity index (χ0n) is 10.6. The van der Waals surface area contributed by atoms with Crippen LogP contribution in [0, 0.1) is 30.4 Å². The molecule has 0 bridgehead atoms. The summed E-state index contributed by atoms with van der Waals surface area (Å²) in [4.78, 5) is -2.02. The molecular weight excluding hydrogens is 570 g/mol. The van der Waals surface area contributed by atoms with E-state index in [2.05, 4.69) is 0 Å². The molecule has 0 radical (unpaired) electrons. The largest absolute Gasteiger partial charge is 0.450 e.